The molecule has 2 fully saturated rings. The number of hydrogen-bond acceptors (Lipinski definition) is 5. The summed E-state index contributed by atoms with van der Waals surface area (Å²) in [6.45, 7) is 5.36. The van der Waals surface area contributed by atoms with Gasteiger partial charge in [-0.25, -0.2) is 4.79 Å². The van der Waals surface area contributed by atoms with E-state index < -0.39 is 23.0 Å². The highest BCUT2D eigenvalue weighted by atomic mass is 32.2. The fourth-order valence-electron chi connectivity index (χ4n) is 3.44. The third-order valence-electron chi connectivity index (χ3n) is 4.71. The van der Waals surface area contributed by atoms with Crippen LogP contribution in [0.5, 0.6) is 0 Å². The van der Waals surface area contributed by atoms with Crippen molar-refractivity contribution >= 4 is 29.5 Å². The Kier molecular flexibility index (Phi) is 5.36. The van der Waals surface area contributed by atoms with E-state index in [9.17, 15) is 14.4 Å². The summed E-state index contributed by atoms with van der Waals surface area (Å²) in [7, 11) is 0. The van der Waals surface area contributed by atoms with Gasteiger partial charge in [-0.1, -0.05) is 36.4 Å². The van der Waals surface area contributed by atoms with E-state index in [0.29, 0.717) is 25.1 Å². The van der Waals surface area contributed by atoms with Gasteiger partial charge in [0, 0.05) is 18.7 Å². The zero-order valence-corrected chi connectivity index (χ0v) is 15.5. The number of thioether (sulfide) groups is 1. The van der Waals surface area contributed by atoms with E-state index in [1.54, 1.807) is 22.7 Å². The molecule has 2 aliphatic rings. The summed E-state index contributed by atoms with van der Waals surface area (Å²) in [5, 5.41) is 2.60. The van der Waals surface area contributed by atoms with Crippen molar-refractivity contribution in [3.05, 3.63) is 48.6 Å². The van der Waals surface area contributed by atoms with Crippen molar-refractivity contribution in [1.29, 1.82) is 0 Å². The molecule has 0 aromatic heterocycles. The topological polar surface area (TPSA) is 75.7 Å². The zero-order valence-electron chi connectivity index (χ0n) is 14.6. The summed E-state index contributed by atoms with van der Waals surface area (Å²) >= 11 is 1.59. The number of rotatable bonds is 6. The van der Waals surface area contributed by atoms with E-state index in [1.165, 1.54) is 6.92 Å². The maximum atomic E-state index is 12.7. The molecule has 3 rings (SSSR count). The molecular formula is C19H22N2O4S. The van der Waals surface area contributed by atoms with Gasteiger partial charge < -0.3 is 15.0 Å². The lowest BCUT2D eigenvalue weighted by Gasteiger charge is -2.33. The monoisotopic (exact) mass is 374 g/mol. The molecule has 3 atom stereocenters. The minimum atomic E-state index is -0.920. The van der Waals surface area contributed by atoms with Crippen LogP contribution in [-0.4, -0.2) is 47.1 Å². The van der Waals surface area contributed by atoms with Crippen LogP contribution in [0, 0.1) is 0 Å². The minimum absolute atomic E-state index is 0.0513. The van der Waals surface area contributed by atoms with Crippen molar-refractivity contribution in [1.82, 2.24) is 10.2 Å². The second-order valence-corrected chi connectivity index (χ2v) is 7.65. The van der Waals surface area contributed by atoms with Gasteiger partial charge in [-0.3, -0.25) is 9.59 Å². The Bertz CT molecular complexity index is 724. The molecule has 0 spiro atoms. The smallest absolute Gasteiger partial charge is 0.330 e. The van der Waals surface area contributed by atoms with E-state index in [-0.39, 0.29) is 11.8 Å². The van der Waals surface area contributed by atoms with Gasteiger partial charge in [0.25, 0.3) is 5.91 Å². The van der Waals surface area contributed by atoms with Gasteiger partial charge in [-0.2, -0.15) is 0 Å². The Morgan fingerprint density at radius 3 is 2.88 bits per heavy atom. The summed E-state index contributed by atoms with van der Waals surface area (Å²) in [5.74, 6) is -0.511. The van der Waals surface area contributed by atoms with Gasteiger partial charge in [0.1, 0.15) is 10.9 Å². The van der Waals surface area contributed by atoms with Crippen molar-refractivity contribution in [2.24, 2.45) is 0 Å². The average molecular weight is 374 g/mol. The molecule has 0 unspecified atom stereocenters. The fourth-order valence-corrected chi connectivity index (χ4v) is 5.07. The van der Waals surface area contributed by atoms with Crippen molar-refractivity contribution in [2.75, 3.05) is 12.3 Å². The Morgan fingerprint density at radius 1 is 1.46 bits per heavy atom. The van der Waals surface area contributed by atoms with Gasteiger partial charge in [0.15, 0.2) is 6.10 Å². The Labute approximate surface area is 157 Å². The molecule has 2 heterocycles. The van der Waals surface area contributed by atoms with Crippen LogP contribution in [0.3, 0.4) is 0 Å². The first-order valence-electron chi connectivity index (χ1n) is 8.60. The summed E-state index contributed by atoms with van der Waals surface area (Å²) < 4.78 is 5.34. The van der Waals surface area contributed by atoms with Crippen LogP contribution >= 0.6 is 11.8 Å². The summed E-state index contributed by atoms with van der Waals surface area (Å²) in [5.41, 5.74) is 1.02. The quantitative estimate of drug-likeness (QED) is 0.607. The second kappa shape index (κ2) is 7.53. The largest absolute Gasteiger partial charge is 0.451 e. The number of nitrogens with one attached hydrogen (secondary N) is 1. The molecule has 138 valence electrons. The molecule has 7 heteroatoms. The van der Waals surface area contributed by atoms with Crippen molar-refractivity contribution in [3.63, 3.8) is 0 Å². The van der Waals surface area contributed by atoms with Crippen LogP contribution < -0.4 is 5.32 Å². The fraction of sp³-hybridized carbons (Fsp3) is 0.421. The van der Waals surface area contributed by atoms with Crippen molar-refractivity contribution in [3.8, 4) is 0 Å². The molecule has 0 radical (unpaired) electrons. The lowest BCUT2D eigenvalue weighted by atomic mass is 10.0. The van der Waals surface area contributed by atoms with Gasteiger partial charge >= 0.3 is 5.97 Å². The molecular weight excluding hydrogens is 352 g/mol. The molecule has 2 saturated heterocycles. The third-order valence-corrected chi connectivity index (χ3v) is 6.30. The molecule has 6 nitrogen and oxygen atoms in total. The number of carbonyl (C=O) groups excluding carboxylic acids is 3. The highest BCUT2D eigenvalue weighted by Crippen LogP contribution is 2.54. The lowest BCUT2D eigenvalue weighted by molar-refractivity contribution is -0.161. The Hall–Kier alpha value is -2.28. The third kappa shape index (κ3) is 3.23. The molecule has 2 aliphatic heterocycles. The van der Waals surface area contributed by atoms with Crippen molar-refractivity contribution < 1.29 is 19.1 Å². The Balaban J connectivity index is 1.75. The van der Waals surface area contributed by atoms with E-state index in [1.807, 2.05) is 30.3 Å². The van der Waals surface area contributed by atoms with E-state index in [2.05, 4.69) is 11.9 Å². The van der Waals surface area contributed by atoms with E-state index >= 15 is 0 Å². The summed E-state index contributed by atoms with van der Waals surface area (Å²) in [6, 6.07) is 9.09. The standard InChI is InChI=1S/C19H22N2O4S/c1-3-11-20-17(23)13(2)25-18(24)15-12-26-19(10-9-16(22)21(15)19)14-7-5-4-6-8-14/h3-8,13,15H,1,9-12H2,2H3,(H,20,23)/t13-,15+,19+/m0/s1. The predicted octanol–water partition coefficient (Wildman–Crippen LogP) is 1.81. The van der Waals surface area contributed by atoms with Gasteiger partial charge in [-0.15, -0.1) is 18.3 Å². The molecule has 0 saturated carbocycles. The van der Waals surface area contributed by atoms with Crippen LogP contribution in [-0.2, 0) is 24.0 Å². The number of benzene rings is 1. The van der Waals surface area contributed by atoms with E-state index in [4.69, 9.17) is 4.74 Å². The Morgan fingerprint density at radius 2 is 2.19 bits per heavy atom. The summed E-state index contributed by atoms with van der Waals surface area (Å²) in [6.07, 6.45) is 1.70. The lowest BCUT2D eigenvalue weighted by Crippen LogP contribution is -2.48. The van der Waals surface area contributed by atoms with Crippen LogP contribution in [0.25, 0.3) is 0 Å². The van der Waals surface area contributed by atoms with Crippen molar-refractivity contribution in [2.45, 2.75) is 36.8 Å². The molecule has 2 amide bonds. The molecule has 0 bridgehead atoms. The molecule has 0 aliphatic carbocycles. The number of esters is 1. The molecule has 1 aromatic rings. The number of fused-ring (bicyclic) bond motifs is 1. The van der Waals surface area contributed by atoms with Crippen LogP contribution in [0.2, 0.25) is 0 Å². The second-order valence-electron chi connectivity index (χ2n) is 6.35. The maximum Gasteiger partial charge on any atom is 0.330 e. The molecule has 1 N–H and O–H groups in total. The molecule has 1 aromatic carbocycles. The number of amides is 2. The zero-order chi connectivity index (χ0) is 18.7. The maximum absolute atomic E-state index is 12.7. The first kappa shape index (κ1) is 18.5. The normalized spacial score (nSPS) is 25.5. The first-order valence-corrected chi connectivity index (χ1v) is 9.59. The average Bonchev–Trinajstić information content (AvgIpc) is 3.20. The highest BCUT2D eigenvalue weighted by molar-refractivity contribution is 8.00. The SMILES string of the molecule is C=CCNC(=O)[C@H](C)OC(=O)[C@H]1CS[C@@]2(c3ccccc3)CCC(=O)N12. The first-order chi connectivity index (χ1) is 12.5. The molecule has 26 heavy (non-hydrogen) atoms. The number of hydrogen-bond donors (Lipinski definition) is 1. The predicted molar refractivity (Wildman–Crippen MR) is 99.2 cm³/mol. The number of ether oxygens (including phenoxy) is 1. The minimum Gasteiger partial charge on any atom is -0.451 e. The van der Waals surface area contributed by atoms with Gasteiger partial charge in [-0.05, 0) is 18.9 Å². The number of nitrogens with zero attached hydrogens (tertiary/aromatic N) is 1. The summed E-state index contributed by atoms with van der Waals surface area (Å²) in [4.78, 5) is 38.2. The van der Waals surface area contributed by atoms with E-state index in [0.717, 1.165) is 5.56 Å². The van der Waals surface area contributed by atoms with Gasteiger partial charge in [0.2, 0.25) is 5.91 Å². The van der Waals surface area contributed by atoms with Crippen LogP contribution in [0.15, 0.2) is 43.0 Å². The van der Waals surface area contributed by atoms with Gasteiger partial charge in [0.05, 0.1) is 0 Å². The highest BCUT2D eigenvalue weighted by Gasteiger charge is 2.57. The number of carbonyl (C=O) groups is 3. The van der Waals surface area contributed by atoms with Crippen LogP contribution in [0.1, 0.15) is 25.3 Å². The van der Waals surface area contributed by atoms with Crippen LogP contribution in [0.4, 0.5) is 0 Å².